The Morgan fingerprint density at radius 1 is 1.04 bits per heavy atom. The maximum atomic E-state index is 12.5. The van der Waals surface area contributed by atoms with E-state index in [-0.39, 0.29) is 11.8 Å². The molecule has 5 nitrogen and oxygen atoms in total. The van der Waals surface area contributed by atoms with E-state index in [2.05, 4.69) is 17.1 Å². The summed E-state index contributed by atoms with van der Waals surface area (Å²) in [5.41, 5.74) is 3.51. The number of nitrogens with zero attached hydrogens (tertiary/aromatic N) is 2. The van der Waals surface area contributed by atoms with Gasteiger partial charge in [0.15, 0.2) is 5.78 Å². The number of ketones is 1. The molecule has 0 saturated carbocycles. The number of halogens is 1. The number of nitrogens with one attached hydrogen (secondary N) is 1. The number of rotatable bonds is 3. The molecule has 1 aliphatic heterocycles. The van der Waals surface area contributed by atoms with Crippen LogP contribution in [0.15, 0.2) is 42.5 Å². The second kappa shape index (κ2) is 7.79. The van der Waals surface area contributed by atoms with E-state index in [1.165, 1.54) is 12.5 Å². The molecule has 1 saturated heterocycles. The van der Waals surface area contributed by atoms with Crippen molar-refractivity contribution in [3.8, 4) is 0 Å². The van der Waals surface area contributed by atoms with Crippen LogP contribution < -0.4 is 10.2 Å². The van der Waals surface area contributed by atoms with E-state index < -0.39 is 0 Å². The average Bonchev–Trinajstić information content (AvgIpc) is 2.64. The molecule has 0 bridgehead atoms. The van der Waals surface area contributed by atoms with Gasteiger partial charge in [0.25, 0.3) is 0 Å². The molecule has 0 radical (unpaired) electrons. The molecule has 0 aromatic heterocycles. The van der Waals surface area contributed by atoms with Gasteiger partial charge in [0.2, 0.25) is 0 Å². The Kier molecular flexibility index (Phi) is 5.47. The topological polar surface area (TPSA) is 52.7 Å². The highest BCUT2D eigenvalue weighted by molar-refractivity contribution is 6.30. The normalized spacial score (nSPS) is 14.3. The molecule has 1 N–H and O–H groups in total. The fourth-order valence-electron chi connectivity index (χ4n) is 3.09. The lowest BCUT2D eigenvalue weighted by atomic mass is 10.1. The first-order chi connectivity index (χ1) is 12.4. The van der Waals surface area contributed by atoms with E-state index in [0.717, 1.165) is 23.8 Å². The number of hydrogen-bond donors (Lipinski definition) is 1. The third-order valence-corrected chi connectivity index (χ3v) is 4.83. The Morgan fingerprint density at radius 3 is 2.46 bits per heavy atom. The molecule has 3 rings (SSSR count). The zero-order chi connectivity index (χ0) is 18.7. The summed E-state index contributed by atoms with van der Waals surface area (Å²) >= 11 is 6.12. The van der Waals surface area contributed by atoms with Gasteiger partial charge in [-0.25, -0.2) is 4.79 Å². The molecule has 26 heavy (non-hydrogen) atoms. The molecule has 1 fully saturated rings. The van der Waals surface area contributed by atoms with Crippen LogP contribution in [-0.2, 0) is 0 Å². The molecule has 1 heterocycles. The highest BCUT2D eigenvalue weighted by atomic mass is 35.5. The lowest BCUT2D eigenvalue weighted by Crippen LogP contribution is -2.50. The molecule has 6 heteroatoms. The van der Waals surface area contributed by atoms with Crippen LogP contribution in [0.1, 0.15) is 22.8 Å². The van der Waals surface area contributed by atoms with Gasteiger partial charge in [-0.1, -0.05) is 29.8 Å². The predicted octanol–water partition coefficient (Wildman–Crippen LogP) is 4.21. The molecule has 0 spiro atoms. The van der Waals surface area contributed by atoms with Crippen molar-refractivity contribution in [1.82, 2.24) is 4.90 Å². The first-order valence-corrected chi connectivity index (χ1v) is 9.00. The minimum absolute atomic E-state index is 0.0217. The van der Waals surface area contributed by atoms with Crippen LogP contribution in [0.4, 0.5) is 16.2 Å². The van der Waals surface area contributed by atoms with Crippen LogP contribution in [0.5, 0.6) is 0 Å². The SMILES string of the molecule is CC(=O)c1cccc(NC(=O)N2CCN(c3cc(Cl)ccc3C)CC2)c1. The molecule has 0 unspecified atom stereocenters. The Bertz CT molecular complexity index is 830. The standard InChI is InChI=1S/C20H22ClN3O2/c1-14-6-7-17(21)13-19(14)23-8-10-24(11-9-23)20(26)22-18-5-3-4-16(12-18)15(2)25/h3-7,12-13H,8-11H2,1-2H3,(H,22,26). The first-order valence-electron chi connectivity index (χ1n) is 8.62. The number of benzene rings is 2. The number of hydrogen-bond acceptors (Lipinski definition) is 3. The van der Waals surface area contributed by atoms with Crippen molar-refractivity contribution in [1.29, 1.82) is 0 Å². The van der Waals surface area contributed by atoms with Gasteiger partial charge in [-0.2, -0.15) is 0 Å². The van der Waals surface area contributed by atoms with Crippen molar-refractivity contribution in [2.75, 3.05) is 36.4 Å². The second-order valence-corrected chi connectivity index (χ2v) is 6.91. The van der Waals surface area contributed by atoms with Crippen LogP contribution in [-0.4, -0.2) is 42.9 Å². The molecular weight excluding hydrogens is 350 g/mol. The number of urea groups is 1. The third-order valence-electron chi connectivity index (χ3n) is 4.60. The number of anilines is 2. The Balaban J connectivity index is 1.61. The quantitative estimate of drug-likeness (QED) is 0.822. The fourth-order valence-corrected chi connectivity index (χ4v) is 3.26. The molecule has 2 amide bonds. The Hall–Kier alpha value is -2.53. The van der Waals surface area contributed by atoms with Gasteiger partial charge in [0.1, 0.15) is 0 Å². The van der Waals surface area contributed by atoms with Crippen molar-refractivity contribution in [2.45, 2.75) is 13.8 Å². The Morgan fingerprint density at radius 2 is 1.77 bits per heavy atom. The third kappa shape index (κ3) is 4.17. The van der Waals surface area contributed by atoms with E-state index >= 15 is 0 Å². The van der Waals surface area contributed by atoms with Crippen molar-refractivity contribution < 1.29 is 9.59 Å². The predicted molar refractivity (Wildman–Crippen MR) is 105 cm³/mol. The number of piperazine rings is 1. The number of aryl methyl sites for hydroxylation is 1. The van der Waals surface area contributed by atoms with Crippen molar-refractivity contribution in [3.05, 3.63) is 58.6 Å². The van der Waals surface area contributed by atoms with Crippen molar-refractivity contribution in [3.63, 3.8) is 0 Å². The van der Waals surface area contributed by atoms with E-state index in [0.29, 0.717) is 24.3 Å². The highest BCUT2D eigenvalue weighted by Crippen LogP contribution is 2.25. The second-order valence-electron chi connectivity index (χ2n) is 6.47. The van der Waals surface area contributed by atoms with Crippen LogP contribution in [0.25, 0.3) is 0 Å². The molecule has 2 aromatic carbocycles. The first kappa shape index (κ1) is 18.3. The van der Waals surface area contributed by atoms with Gasteiger partial charge in [0, 0.05) is 48.1 Å². The number of amides is 2. The van der Waals surface area contributed by atoms with E-state index in [1.54, 1.807) is 29.2 Å². The summed E-state index contributed by atoms with van der Waals surface area (Å²) in [6.45, 7) is 6.34. The summed E-state index contributed by atoms with van der Waals surface area (Å²) in [5, 5.41) is 3.60. The van der Waals surface area contributed by atoms with Gasteiger partial charge in [-0.3, -0.25) is 4.79 Å². The molecular formula is C20H22ClN3O2. The zero-order valence-corrected chi connectivity index (χ0v) is 15.7. The Labute approximate surface area is 158 Å². The summed E-state index contributed by atoms with van der Waals surface area (Å²) < 4.78 is 0. The van der Waals surface area contributed by atoms with Crippen molar-refractivity contribution >= 4 is 34.8 Å². The van der Waals surface area contributed by atoms with Gasteiger partial charge in [-0.15, -0.1) is 0 Å². The van der Waals surface area contributed by atoms with Gasteiger partial charge in [0.05, 0.1) is 0 Å². The van der Waals surface area contributed by atoms with Gasteiger partial charge < -0.3 is 15.1 Å². The lowest BCUT2D eigenvalue weighted by Gasteiger charge is -2.36. The van der Waals surface area contributed by atoms with Crippen molar-refractivity contribution in [2.24, 2.45) is 0 Å². The fraction of sp³-hybridized carbons (Fsp3) is 0.300. The van der Waals surface area contributed by atoms with E-state index in [9.17, 15) is 9.59 Å². The maximum Gasteiger partial charge on any atom is 0.321 e. The zero-order valence-electron chi connectivity index (χ0n) is 15.0. The average molecular weight is 372 g/mol. The van der Waals surface area contributed by atoms with Crippen LogP contribution in [0.3, 0.4) is 0 Å². The van der Waals surface area contributed by atoms with Crippen LogP contribution >= 0.6 is 11.6 Å². The van der Waals surface area contributed by atoms with E-state index in [1.807, 2.05) is 18.2 Å². The molecule has 2 aromatic rings. The summed E-state index contributed by atoms with van der Waals surface area (Å²) in [7, 11) is 0. The molecule has 1 aliphatic rings. The number of carbonyl (C=O) groups excluding carboxylic acids is 2. The summed E-state index contributed by atoms with van der Waals surface area (Å²) in [5.74, 6) is -0.0217. The lowest BCUT2D eigenvalue weighted by molar-refractivity contribution is 0.101. The van der Waals surface area contributed by atoms with Gasteiger partial charge >= 0.3 is 6.03 Å². The minimum atomic E-state index is -0.145. The highest BCUT2D eigenvalue weighted by Gasteiger charge is 2.22. The van der Waals surface area contributed by atoms with Crippen LogP contribution in [0.2, 0.25) is 5.02 Å². The van der Waals surface area contributed by atoms with Crippen LogP contribution in [0, 0.1) is 6.92 Å². The largest absolute Gasteiger partial charge is 0.368 e. The van der Waals surface area contributed by atoms with Gasteiger partial charge in [-0.05, 0) is 43.7 Å². The summed E-state index contributed by atoms with van der Waals surface area (Å²) in [4.78, 5) is 28.0. The van der Waals surface area contributed by atoms with E-state index in [4.69, 9.17) is 11.6 Å². The maximum absolute atomic E-state index is 12.5. The molecule has 136 valence electrons. The number of Topliss-reactive ketones (excluding diaryl/α,β-unsaturated/α-hetero) is 1. The molecule has 0 aliphatic carbocycles. The molecule has 0 atom stereocenters. The minimum Gasteiger partial charge on any atom is -0.368 e. The summed E-state index contributed by atoms with van der Waals surface area (Å²) in [6.07, 6.45) is 0. The number of carbonyl (C=O) groups is 2. The summed E-state index contributed by atoms with van der Waals surface area (Å²) in [6, 6.07) is 12.7. The smallest absolute Gasteiger partial charge is 0.321 e. The monoisotopic (exact) mass is 371 g/mol.